The fourth-order valence-corrected chi connectivity index (χ4v) is 2.59. The molecule has 13 heavy (non-hydrogen) atoms. The lowest BCUT2D eigenvalue weighted by Crippen LogP contribution is -2.44. The van der Waals surface area contributed by atoms with Crippen molar-refractivity contribution >= 4 is 28.7 Å². The Hall–Kier alpha value is -0.420. The zero-order valence-corrected chi connectivity index (χ0v) is 9.23. The second-order valence-electron chi connectivity index (χ2n) is 3.53. The summed E-state index contributed by atoms with van der Waals surface area (Å²) in [6, 6.07) is 0. The van der Waals surface area contributed by atoms with Gasteiger partial charge in [0.15, 0.2) is 3.95 Å². The number of anilines is 1. The molecule has 1 aliphatic rings. The SMILES string of the molecule is CCC1(Nc2n[nH]c(=S)s2)CCC1. The van der Waals surface area contributed by atoms with Crippen LogP contribution in [0, 0.1) is 3.95 Å². The van der Waals surface area contributed by atoms with Crippen LogP contribution in [0.5, 0.6) is 0 Å². The first-order valence-corrected chi connectivity index (χ1v) is 5.80. The smallest absolute Gasteiger partial charge is 0.204 e. The molecule has 1 aromatic heterocycles. The standard InChI is InChI=1S/C8H13N3S2/c1-2-8(4-3-5-8)9-6-10-11-7(12)13-6/h2-5H2,1H3,(H,9,10)(H,11,12). The summed E-state index contributed by atoms with van der Waals surface area (Å²) in [5, 5.41) is 11.3. The van der Waals surface area contributed by atoms with Crippen LogP contribution in [0.1, 0.15) is 32.6 Å². The van der Waals surface area contributed by atoms with Crippen LogP contribution in [0.4, 0.5) is 5.13 Å². The summed E-state index contributed by atoms with van der Waals surface area (Å²) < 4.78 is 0.744. The first kappa shape index (κ1) is 9.15. The van der Waals surface area contributed by atoms with Crippen LogP contribution in [-0.2, 0) is 0 Å². The molecule has 1 fully saturated rings. The highest BCUT2D eigenvalue weighted by Crippen LogP contribution is 2.38. The third-order valence-electron chi connectivity index (χ3n) is 2.80. The van der Waals surface area contributed by atoms with E-state index in [1.165, 1.54) is 37.0 Å². The van der Waals surface area contributed by atoms with Gasteiger partial charge in [-0.3, -0.25) is 5.10 Å². The summed E-state index contributed by atoms with van der Waals surface area (Å²) in [4.78, 5) is 0. The highest BCUT2D eigenvalue weighted by atomic mass is 32.1. The van der Waals surface area contributed by atoms with Crippen LogP contribution in [0.15, 0.2) is 0 Å². The Kier molecular flexibility index (Phi) is 2.38. The van der Waals surface area contributed by atoms with Crippen molar-refractivity contribution in [3.63, 3.8) is 0 Å². The van der Waals surface area contributed by atoms with E-state index in [1.54, 1.807) is 0 Å². The fraction of sp³-hybridized carbons (Fsp3) is 0.750. The number of rotatable bonds is 3. The van der Waals surface area contributed by atoms with Crippen molar-refractivity contribution in [3.05, 3.63) is 3.95 Å². The largest absolute Gasteiger partial charge is 0.355 e. The van der Waals surface area contributed by atoms with Gasteiger partial charge < -0.3 is 5.32 Å². The molecule has 0 saturated heterocycles. The van der Waals surface area contributed by atoms with Crippen LogP contribution in [-0.4, -0.2) is 15.7 Å². The average Bonchev–Trinajstić information content (AvgIpc) is 2.44. The Morgan fingerprint density at radius 3 is 2.85 bits per heavy atom. The maximum absolute atomic E-state index is 4.97. The zero-order valence-electron chi connectivity index (χ0n) is 7.59. The van der Waals surface area contributed by atoms with Gasteiger partial charge in [0.1, 0.15) is 0 Å². The van der Waals surface area contributed by atoms with E-state index in [-0.39, 0.29) is 0 Å². The second kappa shape index (κ2) is 3.38. The van der Waals surface area contributed by atoms with Gasteiger partial charge in [-0.05, 0) is 37.9 Å². The Labute approximate surface area is 86.6 Å². The minimum absolute atomic E-state index is 0.313. The number of aromatic nitrogens is 2. The number of nitrogens with zero attached hydrogens (tertiary/aromatic N) is 1. The van der Waals surface area contributed by atoms with Crippen LogP contribution < -0.4 is 5.32 Å². The molecule has 0 spiro atoms. The lowest BCUT2D eigenvalue weighted by molar-refractivity contribution is 0.269. The Bertz CT molecular complexity index is 332. The van der Waals surface area contributed by atoms with Gasteiger partial charge in [0, 0.05) is 5.54 Å². The van der Waals surface area contributed by atoms with E-state index >= 15 is 0 Å². The average molecular weight is 215 g/mol. The van der Waals surface area contributed by atoms with Crippen LogP contribution >= 0.6 is 23.6 Å². The Morgan fingerprint density at radius 1 is 1.69 bits per heavy atom. The van der Waals surface area contributed by atoms with Crippen molar-refractivity contribution in [2.24, 2.45) is 0 Å². The third-order valence-corrected chi connectivity index (χ3v) is 3.80. The summed E-state index contributed by atoms with van der Waals surface area (Å²) >= 11 is 6.49. The quantitative estimate of drug-likeness (QED) is 0.762. The molecule has 0 amide bonds. The van der Waals surface area contributed by atoms with Gasteiger partial charge in [-0.25, -0.2) is 0 Å². The molecule has 1 heterocycles. The van der Waals surface area contributed by atoms with E-state index in [1.807, 2.05) is 0 Å². The lowest BCUT2D eigenvalue weighted by atomic mass is 9.75. The van der Waals surface area contributed by atoms with Crippen LogP contribution in [0.3, 0.4) is 0 Å². The highest BCUT2D eigenvalue weighted by Gasteiger charge is 2.35. The van der Waals surface area contributed by atoms with E-state index in [0.29, 0.717) is 5.54 Å². The summed E-state index contributed by atoms with van der Waals surface area (Å²) in [7, 11) is 0. The molecular formula is C8H13N3S2. The summed E-state index contributed by atoms with van der Waals surface area (Å²) in [6.07, 6.45) is 5.02. The predicted octanol–water partition coefficient (Wildman–Crippen LogP) is 2.95. The molecule has 72 valence electrons. The summed E-state index contributed by atoms with van der Waals surface area (Å²) in [5.41, 5.74) is 0.313. The number of H-pyrrole nitrogens is 1. The summed E-state index contributed by atoms with van der Waals surface area (Å²) in [5.74, 6) is 0. The molecule has 5 heteroatoms. The Morgan fingerprint density at radius 2 is 2.46 bits per heavy atom. The lowest BCUT2D eigenvalue weighted by Gasteiger charge is -2.41. The van der Waals surface area contributed by atoms with Gasteiger partial charge in [-0.15, -0.1) is 5.10 Å². The fourth-order valence-electron chi connectivity index (χ4n) is 1.68. The van der Waals surface area contributed by atoms with Gasteiger partial charge >= 0.3 is 0 Å². The van der Waals surface area contributed by atoms with Crippen molar-refractivity contribution in [2.45, 2.75) is 38.1 Å². The van der Waals surface area contributed by atoms with Gasteiger partial charge in [0.05, 0.1) is 0 Å². The third kappa shape index (κ3) is 1.76. The molecule has 0 atom stereocenters. The molecule has 1 aliphatic carbocycles. The molecule has 0 unspecified atom stereocenters. The molecule has 3 nitrogen and oxygen atoms in total. The van der Waals surface area contributed by atoms with E-state index < -0.39 is 0 Å². The van der Waals surface area contributed by atoms with Crippen molar-refractivity contribution in [2.75, 3.05) is 5.32 Å². The first-order valence-electron chi connectivity index (χ1n) is 4.58. The zero-order chi connectivity index (χ0) is 9.31. The molecular weight excluding hydrogens is 202 g/mol. The molecule has 2 rings (SSSR count). The van der Waals surface area contributed by atoms with Gasteiger partial charge in [-0.1, -0.05) is 18.3 Å². The summed E-state index contributed by atoms with van der Waals surface area (Å²) in [6.45, 7) is 2.22. The maximum Gasteiger partial charge on any atom is 0.204 e. The molecule has 1 saturated carbocycles. The number of hydrogen-bond donors (Lipinski definition) is 2. The molecule has 0 bridgehead atoms. The second-order valence-corrected chi connectivity index (χ2v) is 5.20. The van der Waals surface area contributed by atoms with Crippen molar-refractivity contribution in [1.82, 2.24) is 10.2 Å². The number of nitrogens with one attached hydrogen (secondary N) is 2. The molecule has 1 aromatic rings. The minimum Gasteiger partial charge on any atom is -0.355 e. The monoisotopic (exact) mass is 215 g/mol. The van der Waals surface area contributed by atoms with Crippen LogP contribution in [0.2, 0.25) is 0 Å². The van der Waals surface area contributed by atoms with Crippen molar-refractivity contribution in [1.29, 1.82) is 0 Å². The molecule has 0 radical (unpaired) electrons. The highest BCUT2D eigenvalue weighted by molar-refractivity contribution is 7.73. The van der Waals surface area contributed by atoms with E-state index in [2.05, 4.69) is 22.4 Å². The van der Waals surface area contributed by atoms with Crippen molar-refractivity contribution < 1.29 is 0 Å². The Balaban J connectivity index is 2.08. The molecule has 2 N–H and O–H groups in total. The molecule has 0 aromatic carbocycles. The minimum atomic E-state index is 0.313. The first-order chi connectivity index (χ1) is 6.24. The van der Waals surface area contributed by atoms with E-state index in [0.717, 1.165) is 9.09 Å². The van der Waals surface area contributed by atoms with Crippen molar-refractivity contribution in [3.8, 4) is 0 Å². The van der Waals surface area contributed by atoms with Crippen LogP contribution in [0.25, 0.3) is 0 Å². The topological polar surface area (TPSA) is 40.7 Å². The predicted molar refractivity (Wildman–Crippen MR) is 57.8 cm³/mol. The normalized spacial score (nSPS) is 19.5. The molecule has 0 aliphatic heterocycles. The van der Waals surface area contributed by atoms with E-state index in [4.69, 9.17) is 12.2 Å². The van der Waals surface area contributed by atoms with E-state index in [9.17, 15) is 0 Å². The number of aromatic amines is 1. The van der Waals surface area contributed by atoms with Gasteiger partial charge in [-0.2, -0.15) is 0 Å². The maximum atomic E-state index is 4.97. The number of hydrogen-bond acceptors (Lipinski definition) is 4. The van der Waals surface area contributed by atoms with Gasteiger partial charge in [0.25, 0.3) is 0 Å². The van der Waals surface area contributed by atoms with Gasteiger partial charge in [0.2, 0.25) is 5.13 Å².